The molecule has 0 unspecified atom stereocenters. The Bertz CT molecular complexity index is 217. The SMILES string of the molecule is CC=C(OC(C)(C)C)C1CCC(O)CC1. The molecule has 1 N–H and O–H groups in total. The molecule has 0 amide bonds. The number of aliphatic hydroxyl groups is 1. The third-order valence-electron chi connectivity index (χ3n) is 2.81. The Hall–Kier alpha value is -0.500. The largest absolute Gasteiger partial charge is 0.493 e. The van der Waals surface area contributed by atoms with E-state index in [-0.39, 0.29) is 11.7 Å². The van der Waals surface area contributed by atoms with E-state index in [1.807, 2.05) is 6.92 Å². The fraction of sp³-hybridized carbons (Fsp3) is 0.846. The van der Waals surface area contributed by atoms with Crippen molar-refractivity contribution in [2.24, 2.45) is 5.92 Å². The maximum Gasteiger partial charge on any atom is 0.100 e. The Kier molecular flexibility index (Phi) is 4.21. The van der Waals surface area contributed by atoms with Crippen molar-refractivity contribution in [3.8, 4) is 0 Å². The van der Waals surface area contributed by atoms with Crippen molar-refractivity contribution in [3.05, 3.63) is 11.8 Å². The van der Waals surface area contributed by atoms with Gasteiger partial charge in [-0.15, -0.1) is 0 Å². The number of hydrogen-bond donors (Lipinski definition) is 1. The second kappa shape index (κ2) is 5.02. The van der Waals surface area contributed by atoms with Crippen LogP contribution in [0.4, 0.5) is 0 Å². The van der Waals surface area contributed by atoms with Gasteiger partial charge in [-0.05, 0) is 59.5 Å². The van der Waals surface area contributed by atoms with Gasteiger partial charge in [0.2, 0.25) is 0 Å². The molecule has 15 heavy (non-hydrogen) atoms. The molecule has 0 aromatic heterocycles. The van der Waals surface area contributed by atoms with E-state index in [1.165, 1.54) is 0 Å². The summed E-state index contributed by atoms with van der Waals surface area (Å²) in [5, 5.41) is 9.45. The molecule has 1 aliphatic carbocycles. The number of aliphatic hydroxyl groups excluding tert-OH is 1. The Morgan fingerprint density at radius 2 is 1.73 bits per heavy atom. The molecule has 0 aliphatic heterocycles. The smallest absolute Gasteiger partial charge is 0.100 e. The molecule has 0 saturated heterocycles. The van der Waals surface area contributed by atoms with Crippen molar-refractivity contribution in [2.45, 2.75) is 65.1 Å². The van der Waals surface area contributed by atoms with Crippen molar-refractivity contribution in [1.29, 1.82) is 0 Å². The molecule has 0 aromatic carbocycles. The highest BCUT2D eigenvalue weighted by atomic mass is 16.5. The predicted octanol–water partition coefficient (Wildman–Crippen LogP) is 3.26. The second-order valence-corrected chi connectivity index (χ2v) is 5.41. The molecule has 1 rings (SSSR count). The average Bonchev–Trinajstić information content (AvgIpc) is 2.14. The first kappa shape index (κ1) is 12.6. The zero-order valence-electron chi connectivity index (χ0n) is 10.4. The van der Waals surface area contributed by atoms with E-state index in [0.29, 0.717) is 5.92 Å². The summed E-state index contributed by atoms with van der Waals surface area (Å²) in [5.74, 6) is 1.62. The molecule has 88 valence electrons. The zero-order chi connectivity index (χ0) is 11.5. The molecular weight excluding hydrogens is 188 g/mol. The lowest BCUT2D eigenvalue weighted by molar-refractivity contribution is 0.0189. The van der Waals surface area contributed by atoms with Crippen LogP contribution in [-0.2, 0) is 4.74 Å². The van der Waals surface area contributed by atoms with Gasteiger partial charge in [-0.2, -0.15) is 0 Å². The lowest BCUT2D eigenvalue weighted by Crippen LogP contribution is -2.25. The molecule has 1 saturated carbocycles. The molecule has 2 nitrogen and oxygen atoms in total. The van der Waals surface area contributed by atoms with E-state index in [1.54, 1.807) is 0 Å². The summed E-state index contributed by atoms with van der Waals surface area (Å²) in [6, 6.07) is 0. The maximum absolute atomic E-state index is 9.45. The van der Waals surface area contributed by atoms with Crippen LogP contribution in [0.25, 0.3) is 0 Å². The van der Waals surface area contributed by atoms with Crippen LogP contribution in [0.5, 0.6) is 0 Å². The van der Waals surface area contributed by atoms with Crippen LogP contribution >= 0.6 is 0 Å². The van der Waals surface area contributed by atoms with E-state index in [2.05, 4.69) is 26.8 Å². The molecule has 0 aromatic rings. The number of ether oxygens (including phenoxy) is 1. The van der Waals surface area contributed by atoms with Gasteiger partial charge in [0.25, 0.3) is 0 Å². The van der Waals surface area contributed by atoms with Crippen LogP contribution in [0.3, 0.4) is 0 Å². The number of hydrogen-bond acceptors (Lipinski definition) is 2. The summed E-state index contributed by atoms with van der Waals surface area (Å²) in [6.45, 7) is 8.27. The monoisotopic (exact) mass is 212 g/mol. The standard InChI is InChI=1S/C13H24O2/c1-5-12(15-13(2,3)4)10-6-8-11(14)9-7-10/h5,10-11,14H,6-9H2,1-4H3. The van der Waals surface area contributed by atoms with Crippen molar-refractivity contribution >= 4 is 0 Å². The quantitative estimate of drug-likeness (QED) is 0.712. The minimum atomic E-state index is -0.113. The van der Waals surface area contributed by atoms with Crippen LogP contribution in [0.1, 0.15) is 53.4 Å². The highest BCUT2D eigenvalue weighted by Crippen LogP contribution is 2.32. The molecule has 0 heterocycles. The Balaban J connectivity index is 2.53. The fourth-order valence-electron chi connectivity index (χ4n) is 2.09. The van der Waals surface area contributed by atoms with Gasteiger partial charge < -0.3 is 9.84 Å². The van der Waals surface area contributed by atoms with E-state index in [9.17, 15) is 5.11 Å². The molecular formula is C13H24O2. The van der Waals surface area contributed by atoms with Crippen LogP contribution in [0, 0.1) is 5.92 Å². The molecule has 2 heteroatoms. The van der Waals surface area contributed by atoms with Crippen molar-refractivity contribution < 1.29 is 9.84 Å². The minimum absolute atomic E-state index is 0.0889. The Labute approximate surface area is 93.3 Å². The van der Waals surface area contributed by atoms with Gasteiger partial charge in [0.15, 0.2) is 0 Å². The summed E-state index contributed by atoms with van der Waals surface area (Å²) in [7, 11) is 0. The summed E-state index contributed by atoms with van der Waals surface area (Å²) in [4.78, 5) is 0. The Morgan fingerprint density at radius 1 is 1.20 bits per heavy atom. The predicted molar refractivity (Wildman–Crippen MR) is 62.6 cm³/mol. The fourth-order valence-corrected chi connectivity index (χ4v) is 2.09. The first-order chi connectivity index (χ1) is 6.92. The summed E-state index contributed by atoms with van der Waals surface area (Å²) < 4.78 is 5.94. The van der Waals surface area contributed by atoms with Gasteiger partial charge in [0, 0.05) is 5.92 Å². The van der Waals surface area contributed by atoms with Gasteiger partial charge >= 0.3 is 0 Å². The topological polar surface area (TPSA) is 29.5 Å². The highest BCUT2D eigenvalue weighted by molar-refractivity contribution is 5.00. The third kappa shape index (κ3) is 4.25. The van der Waals surface area contributed by atoms with E-state index in [0.717, 1.165) is 31.4 Å². The lowest BCUT2D eigenvalue weighted by Gasteiger charge is -2.31. The molecule has 0 atom stereocenters. The van der Waals surface area contributed by atoms with Gasteiger partial charge in [-0.3, -0.25) is 0 Å². The lowest BCUT2D eigenvalue weighted by atomic mass is 9.86. The number of rotatable bonds is 2. The average molecular weight is 212 g/mol. The van der Waals surface area contributed by atoms with Crippen molar-refractivity contribution in [3.63, 3.8) is 0 Å². The van der Waals surface area contributed by atoms with Gasteiger partial charge in [-0.1, -0.05) is 0 Å². The second-order valence-electron chi connectivity index (χ2n) is 5.41. The van der Waals surface area contributed by atoms with Crippen molar-refractivity contribution in [1.82, 2.24) is 0 Å². The Morgan fingerprint density at radius 3 is 2.13 bits per heavy atom. The van der Waals surface area contributed by atoms with E-state index < -0.39 is 0 Å². The zero-order valence-corrected chi connectivity index (χ0v) is 10.4. The van der Waals surface area contributed by atoms with E-state index in [4.69, 9.17) is 4.74 Å². The van der Waals surface area contributed by atoms with Crippen molar-refractivity contribution in [2.75, 3.05) is 0 Å². The summed E-state index contributed by atoms with van der Waals surface area (Å²) in [6.07, 6.45) is 5.92. The van der Waals surface area contributed by atoms with E-state index >= 15 is 0 Å². The molecule has 0 spiro atoms. The highest BCUT2D eigenvalue weighted by Gasteiger charge is 2.25. The normalized spacial score (nSPS) is 29.0. The molecule has 1 fully saturated rings. The van der Waals surface area contributed by atoms with Crippen LogP contribution in [0.2, 0.25) is 0 Å². The molecule has 0 radical (unpaired) electrons. The first-order valence-corrected chi connectivity index (χ1v) is 5.95. The van der Waals surface area contributed by atoms with Crippen LogP contribution in [-0.4, -0.2) is 16.8 Å². The summed E-state index contributed by atoms with van der Waals surface area (Å²) in [5.41, 5.74) is -0.113. The van der Waals surface area contributed by atoms with Crippen LogP contribution in [0.15, 0.2) is 11.8 Å². The number of allylic oxidation sites excluding steroid dienone is 2. The van der Waals surface area contributed by atoms with Gasteiger partial charge in [0.05, 0.1) is 11.9 Å². The maximum atomic E-state index is 9.45. The minimum Gasteiger partial charge on any atom is -0.493 e. The van der Waals surface area contributed by atoms with Gasteiger partial charge in [-0.25, -0.2) is 0 Å². The molecule has 1 aliphatic rings. The summed E-state index contributed by atoms with van der Waals surface area (Å²) >= 11 is 0. The third-order valence-corrected chi connectivity index (χ3v) is 2.81. The molecule has 0 bridgehead atoms. The first-order valence-electron chi connectivity index (χ1n) is 5.95. The van der Waals surface area contributed by atoms with Crippen LogP contribution < -0.4 is 0 Å². The van der Waals surface area contributed by atoms with Gasteiger partial charge in [0.1, 0.15) is 5.60 Å².